The van der Waals surface area contributed by atoms with Crippen LogP contribution in [0.2, 0.25) is 5.02 Å². The number of halogens is 1. The molecule has 0 aliphatic carbocycles. The fraction of sp³-hybridized carbons (Fsp3) is 0. The zero-order chi connectivity index (χ0) is 18.5. The average molecular weight is 385 g/mol. The van der Waals surface area contributed by atoms with Gasteiger partial charge in [-0.2, -0.15) is 0 Å². The summed E-state index contributed by atoms with van der Waals surface area (Å²) in [6.45, 7) is 0. The van der Waals surface area contributed by atoms with Crippen molar-refractivity contribution in [2.75, 3.05) is 0 Å². The number of nitro benzene ring substituents is 1. The molecular weight excluding hydrogens is 372 g/mol. The predicted octanol–water partition coefficient (Wildman–Crippen LogP) is 5.86. The van der Waals surface area contributed by atoms with Crippen LogP contribution >= 0.6 is 23.4 Å². The molecular formula is C19H13ClN2O3S. The minimum atomic E-state index is -0.407. The lowest BCUT2D eigenvalue weighted by atomic mass is 10.2. The molecule has 0 heterocycles. The van der Waals surface area contributed by atoms with Crippen LogP contribution in [-0.4, -0.2) is 16.2 Å². The van der Waals surface area contributed by atoms with Gasteiger partial charge in [0.25, 0.3) is 5.69 Å². The Balaban J connectivity index is 1.85. The summed E-state index contributed by atoms with van der Waals surface area (Å²) in [7, 11) is 0. The number of aromatic hydroxyl groups is 1. The number of hydrogen-bond donors (Lipinski definition) is 1. The highest BCUT2D eigenvalue weighted by Crippen LogP contribution is 2.35. The van der Waals surface area contributed by atoms with Crippen LogP contribution in [0.4, 0.5) is 11.4 Å². The second kappa shape index (κ2) is 8.03. The normalized spacial score (nSPS) is 11.0. The minimum Gasteiger partial charge on any atom is -0.508 e. The fourth-order valence-corrected chi connectivity index (χ4v) is 3.19. The van der Waals surface area contributed by atoms with Crippen molar-refractivity contribution < 1.29 is 10.0 Å². The predicted molar refractivity (Wildman–Crippen MR) is 104 cm³/mol. The molecule has 0 amide bonds. The van der Waals surface area contributed by atoms with Crippen LogP contribution in [-0.2, 0) is 0 Å². The minimum absolute atomic E-state index is 0.0135. The van der Waals surface area contributed by atoms with E-state index in [2.05, 4.69) is 4.99 Å². The van der Waals surface area contributed by atoms with Crippen molar-refractivity contribution in [2.24, 2.45) is 4.99 Å². The summed E-state index contributed by atoms with van der Waals surface area (Å²) in [6.07, 6.45) is 1.55. The molecule has 26 heavy (non-hydrogen) atoms. The maximum Gasteiger partial charge on any atom is 0.283 e. The molecule has 7 heteroatoms. The quantitative estimate of drug-likeness (QED) is 0.340. The van der Waals surface area contributed by atoms with E-state index in [1.54, 1.807) is 42.6 Å². The molecule has 0 fully saturated rings. The van der Waals surface area contributed by atoms with Crippen molar-refractivity contribution in [3.8, 4) is 5.75 Å². The van der Waals surface area contributed by atoms with Crippen molar-refractivity contribution in [3.63, 3.8) is 0 Å². The highest BCUT2D eigenvalue weighted by atomic mass is 35.5. The Morgan fingerprint density at radius 1 is 1.04 bits per heavy atom. The van der Waals surface area contributed by atoms with Crippen LogP contribution in [0.5, 0.6) is 5.75 Å². The first-order valence-corrected chi connectivity index (χ1v) is 8.76. The first-order chi connectivity index (χ1) is 12.5. The van der Waals surface area contributed by atoms with Crippen molar-refractivity contribution in [2.45, 2.75) is 9.79 Å². The maximum atomic E-state index is 11.4. The molecule has 130 valence electrons. The van der Waals surface area contributed by atoms with Gasteiger partial charge < -0.3 is 5.11 Å². The van der Waals surface area contributed by atoms with Crippen LogP contribution in [0.25, 0.3) is 0 Å². The lowest BCUT2D eigenvalue weighted by Gasteiger charge is -2.04. The molecule has 0 bridgehead atoms. The number of benzene rings is 3. The summed E-state index contributed by atoms with van der Waals surface area (Å²) in [5.41, 5.74) is 1.27. The van der Waals surface area contributed by atoms with Gasteiger partial charge in [-0.05, 0) is 60.2 Å². The number of nitrogens with zero attached hydrogens (tertiary/aromatic N) is 2. The molecule has 0 aliphatic rings. The molecule has 0 atom stereocenters. The molecule has 0 unspecified atom stereocenters. The third kappa shape index (κ3) is 4.62. The van der Waals surface area contributed by atoms with E-state index in [4.69, 9.17) is 11.6 Å². The summed E-state index contributed by atoms with van der Waals surface area (Å²) in [5, 5.41) is 21.3. The third-order valence-corrected chi connectivity index (χ3v) is 4.76. The zero-order valence-electron chi connectivity index (χ0n) is 13.4. The van der Waals surface area contributed by atoms with Crippen molar-refractivity contribution in [1.29, 1.82) is 0 Å². The standard InChI is InChI=1S/C19H13ClN2O3S/c20-14-2-8-17(9-3-14)26-19-10-1-13(11-18(19)22(24)25)12-21-15-4-6-16(23)7-5-15/h1-12,23H. The average Bonchev–Trinajstić information content (AvgIpc) is 2.64. The van der Waals surface area contributed by atoms with Crippen LogP contribution in [0, 0.1) is 10.1 Å². The fourth-order valence-electron chi connectivity index (χ4n) is 2.16. The molecule has 0 aliphatic heterocycles. The van der Waals surface area contributed by atoms with E-state index in [9.17, 15) is 15.2 Å². The van der Waals surface area contributed by atoms with Crippen molar-refractivity contribution >= 4 is 41.0 Å². The number of nitro groups is 1. The number of phenols is 1. The van der Waals surface area contributed by atoms with Crippen LogP contribution < -0.4 is 0 Å². The van der Waals surface area contributed by atoms with Gasteiger partial charge in [0.1, 0.15) is 5.75 Å². The first-order valence-electron chi connectivity index (χ1n) is 7.56. The Morgan fingerprint density at radius 2 is 1.73 bits per heavy atom. The van der Waals surface area contributed by atoms with Crippen molar-refractivity contribution in [1.82, 2.24) is 0 Å². The smallest absolute Gasteiger partial charge is 0.283 e. The van der Waals surface area contributed by atoms with Gasteiger partial charge in [0.15, 0.2) is 0 Å². The van der Waals surface area contributed by atoms with Gasteiger partial charge in [-0.25, -0.2) is 0 Å². The second-order valence-corrected chi connectivity index (χ2v) is 6.87. The number of phenolic OH excluding ortho intramolecular Hbond substituents is 1. The Labute approximate surface area is 159 Å². The van der Waals surface area contributed by atoms with E-state index in [0.717, 1.165) is 4.90 Å². The van der Waals surface area contributed by atoms with Gasteiger partial charge in [0, 0.05) is 22.2 Å². The van der Waals surface area contributed by atoms with Gasteiger partial charge in [-0.1, -0.05) is 29.4 Å². The van der Waals surface area contributed by atoms with Gasteiger partial charge in [0.2, 0.25) is 0 Å². The molecule has 5 nitrogen and oxygen atoms in total. The first kappa shape index (κ1) is 18.0. The highest BCUT2D eigenvalue weighted by Gasteiger charge is 2.15. The monoisotopic (exact) mass is 384 g/mol. The Morgan fingerprint density at radius 3 is 2.38 bits per heavy atom. The lowest BCUT2D eigenvalue weighted by molar-refractivity contribution is -0.387. The SMILES string of the molecule is O=[N+]([O-])c1cc(C=Nc2ccc(O)cc2)ccc1Sc1ccc(Cl)cc1. The van der Waals surface area contributed by atoms with Gasteiger partial charge in [-0.15, -0.1) is 0 Å². The van der Waals surface area contributed by atoms with Gasteiger partial charge >= 0.3 is 0 Å². The lowest BCUT2D eigenvalue weighted by Crippen LogP contribution is -1.93. The maximum absolute atomic E-state index is 11.4. The largest absolute Gasteiger partial charge is 0.508 e. The third-order valence-electron chi connectivity index (χ3n) is 3.43. The highest BCUT2D eigenvalue weighted by molar-refractivity contribution is 7.99. The molecule has 0 radical (unpaired) electrons. The Bertz CT molecular complexity index is 958. The molecule has 0 saturated carbocycles. The van der Waals surface area contributed by atoms with E-state index in [1.165, 1.54) is 30.0 Å². The Hall–Kier alpha value is -2.83. The molecule has 0 aromatic heterocycles. The van der Waals surface area contributed by atoms with E-state index in [0.29, 0.717) is 21.2 Å². The Kier molecular flexibility index (Phi) is 5.55. The zero-order valence-corrected chi connectivity index (χ0v) is 14.9. The van der Waals surface area contributed by atoms with Crippen LogP contribution in [0.3, 0.4) is 0 Å². The van der Waals surface area contributed by atoms with Crippen molar-refractivity contribution in [3.05, 3.63) is 87.4 Å². The van der Waals surface area contributed by atoms with Gasteiger partial charge in [-0.3, -0.25) is 15.1 Å². The van der Waals surface area contributed by atoms with E-state index < -0.39 is 4.92 Å². The van der Waals surface area contributed by atoms with E-state index in [-0.39, 0.29) is 11.4 Å². The molecule has 0 spiro atoms. The second-order valence-electron chi connectivity index (χ2n) is 5.31. The summed E-state index contributed by atoms with van der Waals surface area (Å²) in [5.74, 6) is 0.156. The molecule has 0 saturated heterocycles. The molecule has 3 aromatic rings. The van der Waals surface area contributed by atoms with E-state index in [1.807, 2.05) is 12.1 Å². The summed E-state index contributed by atoms with van der Waals surface area (Å²) < 4.78 is 0. The molecule has 1 N–H and O–H groups in total. The summed E-state index contributed by atoms with van der Waals surface area (Å²) >= 11 is 7.17. The summed E-state index contributed by atoms with van der Waals surface area (Å²) in [6, 6.07) is 18.5. The van der Waals surface area contributed by atoms with Crippen LogP contribution in [0.1, 0.15) is 5.56 Å². The molecule has 3 aromatic carbocycles. The summed E-state index contributed by atoms with van der Waals surface area (Å²) in [4.78, 5) is 16.7. The number of rotatable bonds is 5. The number of hydrogen-bond acceptors (Lipinski definition) is 5. The topological polar surface area (TPSA) is 75.7 Å². The van der Waals surface area contributed by atoms with E-state index >= 15 is 0 Å². The number of aliphatic imine (C=N–C) groups is 1. The van der Waals surface area contributed by atoms with Gasteiger partial charge in [0.05, 0.1) is 15.5 Å². The van der Waals surface area contributed by atoms with Crippen LogP contribution in [0.15, 0.2) is 81.5 Å². The molecule has 3 rings (SSSR count).